The number of ether oxygens (including phenoxy) is 4. The molecule has 5 aliphatic rings. The minimum absolute atomic E-state index is 0.0219. The van der Waals surface area contributed by atoms with E-state index in [2.05, 4.69) is 0 Å². The molecular weight excluding hydrogens is 244 g/mol. The van der Waals surface area contributed by atoms with Crippen LogP contribution >= 0.6 is 0 Å². The molecule has 0 unspecified atom stereocenters. The smallest absolute Gasteiger partial charge is 0.160 e. The summed E-state index contributed by atoms with van der Waals surface area (Å²) in [7, 11) is 0. The molecule has 0 aromatic carbocycles. The zero-order valence-electron chi connectivity index (χ0n) is 11.3. The highest BCUT2D eigenvalue weighted by atomic mass is 16.7. The maximum Gasteiger partial charge on any atom is 0.160 e. The van der Waals surface area contributed by atoms with Crippen molar-refractivity contribution < 1.29 is 18.9 Å². The molecule has 1 spiro atoms. The molecule has 0 bridgehead atoms. The maximum absolute atomic E-state index is 6.11. The van der Waals surface area contributed by atoms with Crippen molar-refractivity contribution in [3.8, 4) is 0 Å². The predicted octanol–water partition coefficient (Wildman–Crippen LogP) is 1.86. The molecule has 19 heavy (non-hydrogen) atoms. The van der Waals surface area contributed by atoms with Gasteiger partial charge in [-0.3, -0.25) is 0 Å². The van der Waals surface area contributed by atoms with Gasteiger partial charge in [-0.2, -0.15) is 0 Å². The van der Waals surface area contributed by atoms with Gasteiger partial charge < -0.3 is 18.9 Å². The first-order valence-electron chi connectivity index (χ1n) is 7.86. The van der Waals surface area contributed by atoms with Crippen molar-refractivity contribution >= 4 is 0 Å². The third-order valence-electron chi connectivity index (χ3n) is 5.82. The minimum Gasteiger partial charge on any atom is -0.370 e. The topological polar surface area (TPSA) is 43.5 Å². The Labute approximate surface area is 113 Å². The number of rotatable bonds is 1. The molecule has 5 atom stereocenters. The van der Waals surface area contributed by atoms with Crippen LogP contribution in [0.5, 0.6) is 0 Å². The second-order valence-electron chi connectivity index (χ2n) is 7.23. The average Bonchev–Trinajstić information content (AvgIpc) is 3.33. The molecule has 0 aromatic heterocycles. The first kappa shape index (κ1) is 11.5. The first-order valence-corrected chi connectivity index (χ1v) is 7.86. The van der Waals surface area contributed by atoms with Crippen LogP contribution in [0.25, 0.3) is 0 Å². The SMILES string of the molecule is C1C[C@H]2O[C@H]2C[C@@H]1C1OCC2(CC[C@H]3O[C@H]3C2)CO1. The Bertz CT molecular complexity index is 376. The number of hydrogen-bond acceptors (Lipinski definition) is 4. The van der Waals surface area contributed by atoms with Crippen LogP contribution in [0.2, 0.25) is 0 Å². The third-order valence-corrected chi connectivity index (χ3v) is 5.82. The van der Waals surface area contributed by atoms with Gasteiger partial charge in [0.1, 0.15) is 0 Å². The van der Waals surface area contributed by atoms with E-state index < -0.39 is 0 Å². The lowest BCUT2D eigenvalue weighted by Crippen LogP contribution is -2.47. The van der Waals surface area contributed by atoms with Crippen molar-refractivity contribution in [1.29, 1.82) is 0 Å². The fraction of sp³-hybridized carbons (Fsp3) is 1.00. The molecule has 2 aliphatic carbocycles. The molecule has 2 saturated carbocycles. The van der Waals surface area contributed by atoms with E-state index in [-0.39, 0.29) is 11.7 Å². The van der Waals surface area contributed by atoms with Gasteiger partial charge in [-0.05, 0) is 38.5 Å². The number of epoxide rings is 2. The maximum atomic E-state index is 6.11. The minimum atomic E-state index is 0.0219. The van der Waals surface area contributed by atoms with Crippen molar-refractivity contribution in [3.63, 3.8) is 0 Å². The van der Waals surface area contributed by atoms with Crippen molar-refractivity contribution in [3.05, 3.63) is 0 Å². The van der Waals surface area contributed by atoms with E-state index in [1.54, 1.807) is 0 Å². The lowest BCUT2D eigenvalue weighted by molar-refractivity contribution is -0.257. The van der Waals surface area contributed by atoms with Crippen LogP contribution in [0.1, 0.15) is 38.5 Å². The molecule has 0 amide bonds. The zero-order valence-corrected chi connectivity index (χ0v) is 11.3. The largest absolute Gasteiger partial charge is 0.370 e. The molecule has 3 saturated heterocycles. The first-order chi connectivity index (χ1) is 9.31. The Kier molecular flexibility index (Phi) is 2.38. The second kappa shape index (κ2) is 3.94. The summed E-state index contributed by atoms with van der Waals surface area (Å²) >= 11 is 0. The summed E-state index contributed by atoms with van der Waals surface area (Å²) in [5, 5.41) is 0. The van der Waals surface area contributed by atoms with E-state index in [1.807, 2.05) is 0 Å². The fourth-order valence-corrected chi connectivity index (χ4v) is 4.41. The summed E-state index contributed by atoms with van der Waals surface area (Å²) in [5.74, 6) is 0.551. The van der Waals surface area contributed by atoms with E-state index in [4.69, 9.17) is 18.9 Å². The van der Waals surface area contributed by atoms with E-state index in [0.29, 0.717) is 30.3 Å². The van der Waals surface area contributed by atoms with Crippen molar-refractivity contribution in [2.24, 2.45) is 11.3 Å². The predicted molar refractivity (Wildman–Crippen MR) is 66.6 cm³/mol. The monoisotopic (exact) mass is 266 g/mol. The quantitative estimate of drug-likeness (QED) is 0.680. The molecule has 5 rings (SSSR count). The number of fused-ring (bicyclic) bond motifs is 2. The summed E-state index contributed by atoms with van der Waals surface area (Å²) in [6, 6.07) is 0. The molecule has 0 N–H and O–H groups in total. The second-order valence-corrected chi connectivity index (χ2v) is 7.23. The Hall–Kier alpha value is -0.160. The Morgan fingerprint density at radius 3 is 2.37 bits per heavy atom. The van der Waals surface area contributed by atoms with Crippen molar-refractivity contribution in [2.45, 2.75) is 69.2 Å². The van der Waals surface area contributed by atoms with Gasteiger partial charge in [0.25, 0.3) is 0 Å². The van der Waals surface area contributed by atoms with Gasteiger partial charge in [-0.15, -0.1) is 0 Å². The summed E-state index contributed by atoms with van der Waals surface area (Å²) in [5.41, 5.74) is 0.251. The Balaban J connectivity index is 1.21. The van der Waals surface area contributed by atoms with E-state index in [0.717, 1.165) is 26.1 Å². The summed E-state index contributed by atoms with van der Waals surface area (Å²) < 4.78 is 23.5. The zero-order chi connectivity index (χ0) is 12.4. The van der Waals surface area contributed by atoms with Gasteiger partial charge in [-0.25, -0.2) is 0 Å². The van der Waals surface area contributed by atoms with Crippen molar-refractivity contribution in [2.75, 3.05) is 13.2 Å². The highest BCUT2D eigenvalue weighted by Gasteiger charge is 2.53. The van der Waals surface area contributed by atoms with Crippen LogP contribution in [0.3, 0.4) is 0 Å². The van der Waals surface area contributed by atoms with E-state index in [9.17, 15) is 0 Å². The van der Waals surface area contributed by atoms with Gasteiger partial charge in [0, 0.05) is 11.3 Å². The van der Waals surface area contributed by atoms with Gasteiger partial charge >= 0.3 is 0 Å². The average molecular weight is 266 g/mol. The van der Waals surface area contributed by atoms with Crippen LogP contribution < -0.4 is 0 Å². The molecule has 5 fully saturated rings. The van der Waals surface area contributed by atoms with Gasteiger partial charge in [0.2, 0.25) is 0 Å². The molecular formula is C15H22O4. The Morgan fingerprint density at radius 2 is 1.58 bits per heavy atom. The van der Waals surface area contributed by atoms with Crippen LogP contribution in [-0.4, -0.2) is 43.9 Å². The summed E-state index contributed by atoms with van der Waals surface area (Å²) in [4.78, 5) is 0. The highest BCUT2D eigenvalue weighted by Crippen LogP contribution is 2.49. The fourth-order valence-electron chi connectivity index (χ4n) is 4.41. The molecule has 3 heterocycles. The van der Waals surface area contributed by atoms with Crippen molar-refractivity contribution in [1.82, 2.24) is 0 Å². The van der Waals surface area contributed by atoms with Crippen LogP contribution in [0.4, 0.5) is 0 Å². The van der Waals surface area contributed by atoms with Crippen LogP contribution in [0, 0.1) is 11.3 Å². The molecule has 4 heteroatoms. The highest BCUT2D eigenvalue weighted by molar-refractivity contribution is 5.00. The molecule has 106 valence electrons. The van der Waals surface area contributed by atoms with E-state index in [1.165, 1.54) is 25.7 Å². The van der Waals surface area contributed by atoms with Crippen LogP contribution in [0.15, 0.2) is 0 Å². The number of hydrogen-bond donors (Lipinski definition) is 0. The molecule has 3 aliphatic heterocycles. The van der Waals surface area contributed by atoms with Gasteiger partial charge in [0.15, 0.2) is 6.29 Å². The molecule has 0 aromatic rings. The Morgan fingerprint density at radius 1 is 0.789 bits per heavy atom. The van der Waals surface area contributed by atoms with E-state index >= 15 is 0 Å². The van der Waals surface area contributed by atoms with Crippen LogP contribution in [-0.2, 0) is 18.9 Å². The third kappa shape index (κ3) is 1.96. The molecule has 4 nitrogen and oxygen atoms in total. The van der Waals surface area contributed by atoms with Gasteiger partial charge in [0.05, 0.1) is 37.6 Å². The lowest BCUT2D eigenvalue weighted by Gasteiger charge is -2.43. The van der Waals surface area contributed by atoms with Gasteiger partial charge in [-0.1, -0.05) is 0 Å². The lowest BCUT2D eigenvalue weighted by atomic mass is 9.74. The standard InChI is InChI=1S/C15H22O4/c1-2-10-12(18-10)5-9(1)14-16-7-15(8-17-14)4-3-11-13(6-15)19-11/h9-14H,1-8H2/t9-,10-,11-,12+,13+,14?,15?/m1/s1. The molecule has 0 radical (unpaired) electrons. The normalized spacial score (nSPS) is 59.4. The summed E-state index contributed by atoms with van der Waals surface area (Å²) in [6.07, 6.45) is 9.24. The summed E-state index contributed by atoms with van der Waals surface area (Å²) in [6.45, 7) is 1.74.